The van der Waals surface area contributed by atoms with Crippen molar-refractivity contribution < 1.29 is 17.6 Å². The topological polar surface area (TPSA) is 0 Å². The van der Waals surface area contributed by atoms with E-state index in [-0.39, 0.29) is 11.4 Å². The van der Waals surface area contributed by atoms with Crippen LogP contribution in [0.1, 0.15) is 11.1 Å². The van der Waals surface area contributed by atoms with Gasteiger partial charge >= 0.3 is 6.18 Å². The highest BCUT2D eigenvalue weighted by Crippen LogP contribution is 2.32. The second-order valence-electron chi connectivity index (χ2n) is 2.62. The van der Waals surface area contributed by atoms with Gasteiger partial charge in [-0.05, 0) is 18.2 Å². The third-order valence-corrected chi connectivity index (χ3v) is 1.71. The standard InChI is InChI=1S/C10H5ClF4/c11-5-1-2-7-3-4-8(12)6-9(7)10(13,14)15/h3-4,6H,5H2. The summed E-state index contributed by atoms with van der Waals surface area (Å²) in [5, 5.41) is 0. The Labute approximate surface area is 88.9 Å². The van der Waals surface area contributed by atoms with Gasteiger partial charge in [-0.25, -0.2) is 4.39 Å². The van der Waals surface area contributed by atoms with Crippen molar-refractivity contribution in [1.82, 2.24) is 0 Å². The molecule has 0 heterocycles. The van der Waals surface area contributed by atoms with Gasteiger partial charge in [-0.3, -0.25) is 0 Å². The minimum absolute atomic E-state index is 0.0747. The van der Waals surface area contributed by atoms with Gasteiger partial charge in [-0.2, -0.15) is 13.2 Å². The molecule has 1 aromatic carbocycles. The molecular formula is C10H5ClF4. The number of rotatable bonds is 0. The molecule has 5 heteroatoms. The predicted octanol–water partition coefficient (Wildman–Crippen LogP) is 3.43. The molecule has 0 fully saturated rings. The van der Waals surface area contributed by atoms with E-state index in [9.17, 15) is 17.6 Å². The predicted molar refractivity (Wildman–Crippen MR) is 49.0 cm³/mol. The van der Waals surface area contributed by atoms with Crippen LogP contribution in [0.2, 0.25) is 0 Å². The molecule has 80 valence electrons. The minimum atomic E-state index is -4.61. The van der Waals surface area contributed by atoms with Gasteiger partial charge in [-0.1, -0.05) is 11.8 Å². The summed E-state index contributed by atoms with van der Waals surface area (Å²) in [6, 6.07) is 2.32. The van der Waals surface area contributed by atoms with Gasteiger partial charge in [0.25, 0.3) is 0 Å². The smallest absolute Gasteiger partial charge is 0.207 e. The van der Waals surface area contributed by atoms with Crippen molar-refractivity contribution in [2.75, 3.05) is 5.88 Å². The van der Waals surface area contributed by atoms with Crippen molar-refractivity contribution in [3.8, 4) is 11.8 Å². The Morgan fingerprint density at radius 1 is 1.27 bits per heavy atom. The van der Waals surface area contributed by atoms with Gasteiger partial charge in [0.2, 0.25) is 0 Å². The lowest BCUT2D eigenvalue weighted by Crippen LogP contribution is -2.08. The SMILES string of the molecule is Fc1ccc(C#CCCl)c(C(F)(F)F)c1. The van der Waals surface area contributed by atoms with E-state index in [1.807, 2.05) is 0 Å². The monoisotopic (exact) mass is 236 g/mol. The summed E-state index contributed by atoms with van der Waals surface area (Å²) in [7, 11) is 0. The van der Waals surface area contributed by atoms with Crippen LogP contribution in [-0.4, -0.2) is 5.88 Å². The highest BCUT2D eigenvalue weighted by molar-refractivity contribution is 6.19. The van der Waals surface area contributed by atoms with Gasteiger partial charge in [0.1, 0.15) is 5.82 Å². The normalized spacial score (nSPS) is 10.7. The van der Waals surface area contributed by atoms with Crippen molar-refractivity contribution >= 4 is 11.6 Å². The molecule has 0 aliphatic carbocycles. The summed E-state index contributed by atoms with van der Waals surface area (Å²) in [6.45, 7) is 0. The van der Waals surface area contributed by atoms with Gasteiger partial charge in [0.15, 0.2) is 0 Å². The molecule has 0 amide bonds. The van der Waals surface area contributed by atoms with E-state index in [1.54, 1.807) is 0 Å². The summed E-state index contributed by atoms with van der Waals surface area (Å²) < 4.78 is 49.8. The van der Waals surface area contributed by atoms with Crippen LogP contribution in [-0.2, 0) is 6.18 Å². The number of alkyl halides is 4. The van der Waals surface area contributed by atoms with Crippen LogP contribution in [0.15, 0.2) is 18.2 Å². The molecule has 0 atom stereocenters. The lowest BCUT2D eigenvalue weighted by atomic mass is 10.1. The van der Waals surface area contributed by atoms with Crippen LogP contribution in [0, 0.1) is 17.7 Å². The molecule has 1 rings (SSSR count). The zero-order chi connectivity index (χ0) is 11.5. The molecular weight excluding hydrogens is 232 g/mol. The van der Waals surface area contributed by atoms with Crippen molar-refractivity contribution in [3.63, 3.8) is 0 Å². The average molecular weight is 237 g/mol. The fraction of sp³-hybridized carbons (Fsp3) is 0.200. The lowest BCUT2D eigenvalue weighted by molar-refractivity contribution is -0.137. The third kappa shape index (κ3) is 3.14. The van der Waals surface area contributed by atoms with Crippen LogP contribution < -0.4 is 0 Å². The van der Waals surface area contributed by atoms with Gasteiger partial charge in [-0.15, -0.1) is 11.6 Å². The highest BCUT2D eigenvalue weighted by Gasteiger charge is 2.33. The van der Waals surface area contributed by atoms with E-state index in [0.717, 1.165) is 12.1 Å². The van der Waals surface area contributed by atoms with E-state index in [1.165, 1.54) is 0 Å². The summed E-state index contributed by atoms with van der Waals surface area (Å²) >= 11 is 5.22. The second kappa shape index (κ2) is 4.54. The Kier molecular flexibility index (Phi) is 3.59. The molecule has 0 bridgehead atoms. The maximum Gasteiger partial charge on any atom is 0.417 e. The molecule has 0 nitrogen and oxygen atoms in total. The fourth-order valence-electron chi connectivity index (χ4n) is 0.989. The second-order valence-corrected chi connectivity index (χ2v) is 2.89. The molecule has 0 aliphatic rings. The van der Waals surface area contributed by atoms with Gasteiger partial charge < -0.3 is 0 Å². The molecule has 0 saturated carbocycles. The highest BCUT2D eigenvalue weighted by atomic mass is 35.5. The number of hydrogen-bond acceptors (Lipinski definition) is 0. The summed E-state index contributed by atoms with van der Waals surface area (Å²) in [4.78, 5) is 0. The Morgan fingerprint density at radius 3 is 2.47 bits per heavy atom. The maximum absolute atomic E-state index is 12.6. The van der Waals surface area contributed by atoms with Crippen molar-refractivity contribution in [3.05, 3.63) is 35.1 Å². The number of hydrogen-bond donors (Lipinski definition) is 0. The van der Waals surface area contributed by atoms with E-state index in [4.69, 9.17) is 11.6 Å². The quantitative estimate of drug-likeness (QED) is 0.368. The first kappa shape index (κ1) is 11.9. The summed E-state index contributed by atoms with van der Waals surface area (Å²) in [5.41, 5.74) is -1.36. The van der Waals surface area contributed by atoms with Crippen molar-refractivity contribution in [2.45, 2.75) is 6.18 Å². The fourth-order valence-corrected chi connectivity index (χ4v) is 1.06. The Morgan fingerprint density at radius 2 is 1.93 bits per heavy atom. The van der Waals surface area contributed by atoms with Crippen molar-refractivity contribution in [2.24, 2.45) is 0 Å². The van der Waals surface area contributed by atoms with E-state index < -0.39 is 17.6 Å². The largest absolute Gasteiger partial charge is 0.417 e. The molecule has 0 saturated heterocycles. The summed E-state index contributed by atoms with van der Waals surface area (Å²) in [5.74, 6) is 3.50. The first-order valence-corrected chi connectivity index (χ1v) is 4.40. The van der Waals surface area contributed by atoms with Crippen LogP contribution in [0.3, 0.4) is 0 Å². The zero-order valence-corrected chi connectivity index (χ0v) is 8.08. The zero-order valence-electron chi connectivity index (χ0n) is 7.33. The maximum atomic E-state index is 12.6. The summed E-state index contributed by atoms with van der Waals surface area (Å²) in [6.07, 6.45) is -4.61. The molecule has 0 spiro atoms. The third-order valence-electron chi connectivity index (χ3n) is 1.58. The molecule has 0 aliphatic heterocycles. The molecule has 1 aromatic rings. The lowest BCUT2D eigenvalue weighted by Gasteiger charge is -2.08. The molecule has 0 radical (unpaired) electrons. The van der Waals surface area contributed by atoms with Crippen LogP contribution in [0.4, 0.5) is 17.6 Å². The molecule has 0 aromatic heterocycles. The average Bonchev–Trinajstić information content (AvgIpc) is 2.14. The minimum Gasteiger partial charge on any atom is -0.207 e. The van der Waals surface area contributed by atoms with E-state index >= 15 is 0 Å². The molecule has 15 heavy (non-hydrogen) atoms. The van der Waals surface area contributed by atoms with E-state index in [0.29, 0.717) is 6.07 Å². The van der Waals surface area contributed by atoms with Crippen molar-refractivity contribution in [1.29, 1.82) is 0 Å². The van der Waals surface area contributed by atoms with Gasteiger partial charge in [0, 0.05) is 5.56 Å². The Hall–Kier alpha value is -1.21. The van der Waals surface area contributed by atoms with E-state index in [2.05, 4.69) is 11.8 Å². The van der Waals surface area contributed by atoms with Crippen LogP contribution >= 0.6 is 11.6 Å². The number of halogens is 5. The van der Waals surface area contributed by atoms with Crippen LogP contribution in [0.5, 0.6) is 0 Å². The first-order valence-electron chi connectivity index (χ1n) is 3.86. The number of benzene rings is 1. The Bertz CT molecular complexity index is 412. The van der Waals surface area contributed by atoms with Crippen LogP contribution in [0.25, 0.3) is 0 Å². The molecule has 0 N–H and O–H groups in total. The first-order chi connectivity index (χ1) is 6.95. The Balaban J connectivity index is 3.27. The molecule has 0 unspecified atom stereocenters. The van der Waals surface area contributed by atoms with Gasteiger partial charge in [0.05, 0.1) is 11.4 Å².